The molecular formula is C9H6BrClF2N2. The van der Waals surface area contributed by atoms with Crippen molar-refractivity contribution in [1.82, 2.24) is 4.98 Å². The standard InChI is InChI=1S/C9H6BrClF2N2/c10-4-5-3-7(9(12)13)15-6(1-2-14)8(5)11/h3,9H,1,4H2. The molecule has 0 N–H and O–H groups in total. The van der Waals surface area contributed by atoms with Crippen LogP contribution in [-0.4, -0.2) is 4.98 Å². The number of alkyl halides is 3. The lowest BCUT2D eigenvalue weighted by atomic mass is 10.2. The SMILES string of the molecule is N#CCc1nc(C(F)F)cc(CBr)c1Cl. The van der Waals surface area contributed by atoms with Crippen LogP contribution < -0.4 is 0 Å². The largest absolute Gasteiger partial charge is 0.280 e. The van der Waals surface area contributed by atoms with Gasteiger partial charge in [0.15, 0.2) is 0 Å². The van der Waals surface area contributed by atoms with Crippen LogP contribution in [0.2, 0.25) is 5.02 Å². The zero-order chi connectivity index (χ0) is 11.4. The van der Waals surface area contributed by atoms with E-state index in [2.05, 4.69) is 20.9 Å². The van der Waals surface area contributed by atoms with E-state index in [1.165, 1.54) is 6.07 Å². The van der Waals surface area contributed by atoms with Crippen LogP contribution in [0, 0.1) is 11.3 Å². The Hall–Kier alpha value is -0.730. The molecule has 0 amide bonds. The zero-order valence-electron chi connectivity index (χ0n) is 7.48. The van der Waals surface area contributed by atoms with Gasteiger partial charge in [0, 0.05) is 5.33 Å². The minimum Gasteiger partial charge on any atom is -0.249 e. The Labute approximate surface area is 99.0 Å². The molecule has 2 nitrogen and oxygen atoms in total. The number of pyridine rings is 1. The summed E-state index contributed by atoms with van der Waals surface area (Å²) in [6.45, 7) is 0. The molecule has 0 saturated carbocycles. The normalized spacial score (nSPS) is 10.4. The Morgan fingerprint density at radius 3 is 2.73 bits per heavy atom. The number of hydrogen-bond acceptors (Lipinski definition) is 2. The highest BCUT2D eigenvalue weighted by atomic mass is 79.9. The third-order valence-corrected chi connectivity index (χ3v) is 2.80. The van der Waals surface area contributed by atoms with E-state index in [9.17, 15) is 8.78 Å². The Morgan fingerprint density at radius 2 is 2.27 bits per heavy atom. The van der Waals surface area contributed by atoms with Crippen LogP contribution >= 0.6 is 27.5 Å². The molecule has 80 valence electrons. The lowest BCUT2D eigenvalue weighted by molar-refractivity contribution is 0.146. The summed E-state index contributed by atoms with van der Waals surface area (Å²) in [6.07, 6.45) is -2.73. The number of nitrogens with zero attached hydrogens (tertiary/aromatic N) is 2. The van der Waals surface area contributed by atoms with E-state index in [0.717, 1.165) is 0 Å². The maximum Gasteiger partial charge on any atom is 0.280 e. The third-order valence-electron chi connectivity index (χ3n) is 1.74. The van der Waals surface area contributed by atoms with Crippen molar-refractivity contribution in [2.75, 3.05) is 0 Å². The minimum atomic E-state index is -2.66. The molecule has 0 spiro atoms. The molecule has 1 aromatic heterocycles. The summed E-state index contributed by atoms with van der Waals surface area (Å²) in [5, 5.41) is 9.12. The number of nitriles is 1. The lowest BCUT2D eigenvalue weighted by Gasteiger charge is -2.07. The maximum atomic E-state index is 12.4. The quantitative estimate of drug-likeness (QED) is 0.798. The molecule has 0 aliphatic rings. The summed E-state index contributed by atoms with van der Waals surface area (Å²) < 4.78 is 24.9. The predicted molar refractivity (Wildman–Crippen MR) is 56.2 cm³/mol. The fourth-order valence-electron chi connectivity index (χ4n) is 1.07. The lowest BCUT2D eigenvalue weighted by Crippen LogP contribution is -2.00. The van der Waals surface area contributed by atoms with Crippen molar-refractivity contribution in [3.05, 3.63) is 28.0 Å². The second kappa shape index (κ2) is 5.38. The van der Waals surface area contributed by atoms with Gasteiger partial charge in [0.1, 0.15) is 5.69 Å². The van der Waals surface area contributed by atoms with Crippen LogP contribution in [0.3, 0.4) is 0 Å². The average Bonchev–Trinajstić information content (AvgIpc) is 2.21. The molecule has 0 fully saturated rings. The Kier molecular flexibility index (Phi) is 4.43. The molecule has 0 aromatic carbocycles. The fourth-order valence-corrected chi connectivity index (χ4v) is 1.90. The van der Waals surface area contributed by atoms with Crippen molar-refractivity contribution < 1.29 is 8.78 Å². The molecule has 1 rings (SSSR count). The first kappa shape index (κ1) is 12.3. The molecule has 0 unspecified atom stereocenters. The Balaban J connectivity index is 3.26. The van der Waals surface area contributed by atoms with Crippen molar-refractivity contribution in [1.29, 1.82) is 5.26 Å². The van der Waals surface area contributed by atoms with E-state index in [4.69, 9.17) is 16.9 Å². The Morgan fingerprint density at radius 1 is 1.60 bits per heavy atom. The first-order chi connectivity index (χ1) is 7.10. The van der Waals surface area contributed by atoms with Gasteiger partial charge in [-0.15, -0.1) is 0 Å². The highest BCUT2D eigenvalue weighted by molar-refractivity contribution is 9.08. The molecule has 1 heterocycles. The number of halogens is 4. The molecule has 0 aliphatic heterocycles. The summed E-state index contributed by atoms with van der Waals surface area (Å²) in [6, 6.07) is 3.07. The molecule has 0 bridgehead atoms. The topological polar surface area (TPSA) is 36.7 Å². The Bertz CT molecular complexity index is 404. The second-order valence-corrected chi connectivity index (χ2v) is 3.67. The molecule has 0 saturated heterocycles. The van der Waals surface area contributed by atoms with Crippen LogP contribution in [0.5, 0.6) is 0 Å². The summed E-state index contributed by atoms with van der Waals surface area (Å²) in [7, 11) is 0. The van der Waals surface area contributed by atoms with Gasteiger partial charge in [-0.1, -0.05) is 27.5 Å². The van der Waals surface area contributed by atoms with Gasteiger partial charge in [-0.25, -0.2) is 13.8 Å². The fraction of sp³-hybridized carbons (Fsp3) is 0.333. The highest BCUT2D eigenvalue weighted by Gasteiger charge is 2.15. The average molecular weight is 296 g/mol. The molecular weight excluding hydrogens is 289 g/mol. The molecule has 6 heteroatoms. The van der Waals surface area contributed by atoms with E-state index in [1.54, 1.807) is 0 Å². The van der Waals surface area contributed by atoms with Crippen LogP contribution in [0.1, 0.15) is 23.4 Å². The summed E-state index contributed by atoms with van der Waals surface area (Å²) in [5.74, 6) is 0. The van der Waals surface area contributed by atoms with Crippen molar-refractivity contribution in [3.63, 3.8) is 0 Å². The number of hydrogen-bond donors (Lipinski definition) is 0. The molecule has 0 radical (unpaired) electrons. The van der Waals surface area contributed by atoms with Crippen molar-refractivity contribution >= 4 is 27.5 Å². The molecule has 1 aromatic rings. The van der Waals surface area contributed by atoms with Crippen molar-refractivity contribution in [3.8, 4) is 6.07 Å². The second-order valence-electron chi connectivity index (χ2n) is 2.74. The van der Waals surface area contributed by atoms with Crippen LogP contribution in [0.15, 0.2) is 6.07 Å². The predicted octanol–water partition coefficient (Wildman–Crippen LogP) is 3.63. The monoisotopic (exact) mass is 294 g/mol. The van der Waals surface area contributed by atoms with Crippen LogP contribution in [0.4, 0.5) is 8.78 Å². The van der Waals surface area contributed by atoms with E-state index in [0.29, 0.717) is 10.9 Å². The minimum absolute atomic E-state index is 0.0700. The van der Waals surface area contributed by atoms with Gasteiger partial charge >= 0.3 is 0 Å². The van der Waals surface area contributed by atoms with Gasteiger partial charge in [0.2, 0.25) is 0 Å². The van der Waals surface area contributed by atoms with Gasteiger partial charge in [-0.05, 0) is 11.6 Å². The van der Waals surface area contributed by atoms with Crippen molar-refractivity contribution in [2.24, 2.45) is 0 Å². The van der Waals surface area contributed by atoms with Crippen molar-refractivity contribution in [2.45, 2.75) is 18.2 Å². The highest BCUT2D eigenvalue weighted by Crippen LogP contribution is 2.27. The van der Waals surface area contributed by atoms with E-state index >= 15 is 0 Å². The summed E-state index contributed by atoms with van der Waals surface area (Å²) in [4.78, 5) is 3.64. The van der Waals surface area contributed by atoms with E-state index < -0.39 is 6.43 Å². The first-order valence-electron chi connectivity index (χ1n) is 3.99. The van der Waals surface area contributed by atoms with E-state index in [-0.39, 0.29) is 22.8 Å². The smallest absolute Gasteiger partial charge is 0.249 e. The summed E-state index contributed by atoms with van der Waals surface area (Å²) >= 11 is 9.01. The first-order valence-corrected chi connectivity index (χ1v) is 5.49. The summed E-state index contributed by atoms with van der Waals surface area (Å²) in [5.41, 5.74) is 0.373. The number of rotatable bonds is 3. The van der Waals surface area contributed by atoms with Crippen LogP contribution in [0.25, 0.3) is 0 Å². The van der Waals surface area contributed by atoms with Gasteiger partial charge in [-0.2, -0.15) is 5.26 Å². The number of aromatic nitrogens is 1. The van der Waals surface area contributed by atoms with Crippen LogP contribution in [-0.2, 0) is 11.8 Å². The molecule has 15 heavy (non-hydrogen) atoms. The van der Waals surface area contributed by atoms with Gasteiger partial charge in [0.25, 0.3) is 6.43 Å². The van der Waals surface area contributed by atoms with E-state index in [1.807, 2.05) is 6.07 Å². The third kappa shape index (κ3) is 2.86. The van der Waals surface area contributed by atoms with Gasteiger partial charge in [-0.3, -0.25) is 0 Å². The maximum absolute atomic E-state index is 12.4. The zero-order valence-corrected chi connectivity index (χ0v) is 9.82. The van der Waals surface area contributed by atoms with Gasteiger partial charge < -0.3 is 0 Å². The van der Waals surface area contributed by atoms with Gasteiger partial charge in [0.05, 0.1) is 23.2 Å². The molecule has 0 aliphatic carbocycles. The molecule has 0 atom stereocenters.